The Morgan fingerprint density at radius 3 is 2.63 bits per heavy atom. The maximum atomic E-state index is 13.2. The first-order valence-corrected chi connectivity index (χ1v) is 6.11. The van der Waals surface area contributed by atoms with E-state index in [0.717, 1.165) is 10.5 Å². The van der Waals surface area contributed by atoms with Crippen LogP contribution in [0.4, 0.5) is 4.39 Å². The molecule has 0 bridgehead atoms. The van der Waals surface area contributed by atoms with Crippen LogP contribution in [0.3, 0.4) is 0 Å². The minimum atomic E-state index is -0.499. The van der Waals surface area contributed by atoms with Crippen molar-refractivity contribution in [1.82, 2.24) is 0 Å². The van der Waals surface area contributed by atoms with Gasteiger partial charge in [-0.15, -0.1) is 0 Å². The summed E-state index contributed by atoms with van der Waals surface area (Å²) in [5.74, 6) is 0.118. The molecule has 6 heteroatoms. The smallest absolute Gasteiger partial charge is 0.173 e. The highest BCUT2D eigenvalue weighted by Crippen LogP contribution is 2.31. The quantitative estimate of drug-likeness (QED) is 0.393. The maximum Gasteiger partial charge on any atom is 0.173 e. The van der Waals surface area contributed by atoms with E-state index >= 15 is 0 Å². The number of halogens is 2. The summed E-state index contributed by atoms with van der Waals surface area (Å²) >= 11 is 3.34. The van der Waals surface area contributed by atoms with Crippen LogP contribution in [-0.4, -0.2) is 11.0 Å². The summed E-state index contributed by atoms with van der Waals surface area (Å²) in [7, 11) is 0. The molecular weight excluding hydrogens is 315 g/mol. The molecule has 0 spiro atoms. The third-order valence-electron chi connectivity index (χ3n) is 2.38. The van der Waals surface area contributed by atoms with Crippen LogP contribution in [0.1, 0.15) is 5.56 Å². The van der Waals surface area contributed by atoms with Crippen LogP contribution in [0.2, 0.25) is 0 Å². The van der Waals surface area contributed by atoms with Crippen molar-refractivity contribution in [1.29, 1.82) is 0 Å². The second-order valence-electron chi connectivity index (χ2n) is 3.66. The van der Waals surface area contributed by atoms with Gasteiger partial charge >= 0.3 is 0 Å². The first kappa shape index (κ1) is 13.4. The van der Waals surface area contributed by atoms with Crippen LogP contribution in [0, 0.1) is 5.82 Å². The first-order valence-electron chi connectivity index (χ1n) is 5.31. The number of rotatable bonds is 3. The maximum absolute atomic E-state index is 13.2. The molecule has 0 atom stereocenters. The van der Waals surface area contributed by atoms with E-state index in [9.17, 15) is 4.39 Å². The van der Waals surface area contributed by atoms with E-state index in [4.69, 9.17) is 15.7 Å². The number of nitrogens with zero attached hydrogens (tertiary/aromatic N) is 1. The molecule has 0 aromatic heterocycles. The molecule has 2 rings (SSSR count). The number of oxime groups is 1. The number of para-hydroxylation sites is 1. The van der Waals surface area contributed by atoms with Gasteiger partial charge in [0.1, 0.15) is 17.3 Å². The van der Waals surface area contributed by atoms with Crippen LogP contribution in [0.15, 0.2) is 52.1 Å². The average Bonchev–Trinajstić information content (AvgIpc) is 2.42. The molecule has 0 aliphatic rings. The standard InChI is InChI=1S/C13H10BrFN2O2/c14-10-3-1-2-4-12(10)19-11-6-5-8(15)7-9(11)13(16)17-18/h1-7,18H,(H2,16,17). The molecule has 0 saturated heterocycles. The van der Waals surface area contributed by atoms with Gasteiger partial charge in [0.2, 0.25) is 0 Å². The summed E-state index contributed by atoms with van der Waals surface area (Å²) in [5, 5.41) is 11.6. The predicted octanol–water partition coefficient (Wildman–Crippen LogP) is 3.48. The summed E-state index contributed by atoms with van der Waals surface area (Å²) in [6, 6.07) is 11.0. The lowest BCUT2D eigenvalue weighted by atomic mass is 10.2. The summed E-state index contributed by atoms with van der Waals surface area (Å²) in [6.07, 6.45) is 0. The van der Waals surface area contributed by atoms with Crippen LogP contribution in [0.5, 0.6) is 11.5 Å². The summed E-state index contributed by atoms with van der Waals surface area (Å²) in [4.78, 5) is 0. The number of ether oxygens (including phenoxy) is 1. The fraction of sp³-hybridized carbons (Fsp3) is 0. The van der Waals surface area contributed by atoms with Gasteiger partial charge < -0.3 is 15.7 Å². The number of hydrogen-bond acceptors (Lipinski definition) is 3. The van der Waals surface area contributed by atoms with E-state index in [1.165, 1.54) is 12.1 Å². The van der Waals surface area contributed by atoms with Gasteiger partial charge in [0, 0.05) is 0 Å². The highest BCUT2D eigenvalue weighted by atomic mass is 79.9. The van der Waals surface area contributed by atoms with Crippen molar-refractivity contribution in [3.8, 4) is 11.5 Å². The van der Waals surface area contributed by atoms with Crippen molar-refractivity contribution in [2.75, 3.05) is 0 Å². The molecule has 0 fully saturated rings. The van der Waals surface area contributed by atoms with Gasteiger partial charge in [-0.3, -0.25) is 0 Å². The molecule has 19 heavy (non-hydrogen) atoms. The lowest BCUT2D eigenvalue weighted by Gasteiger charge is -2.11. The van der Waals surface area contributed by atoms with Crippen molar-refractivity contribution in [3.63, 3.8) is 0 Å². The van der Waals surface area contributed by atoms with E-state index in [0.29, 0.717) is 11.5 Å². The van der Waals surface area contributed by atoms with E-state index in [1.54, 1.807) is 12.1 Å². The van der Waals surface area contributed by atoms with Gasteiger partial charge in [-0.25, -0.2) is 4.39 Å². The summed E-state index contributed by atoms with van der Waals surface area (Å²) < 4.78 is 19.6. The van der Waals surface area contributed by atoms with Crippen LogP contribution in [0.25, 0.3) is 0 Å². The molecule has 0 saturated carbocycles. The Kier molecular flexibility index (Phi) is 4.01. The topological polar surface area (TPSA) is 67.8 Å². The molecule has 3 N–H and O–H groups in total. The van der Waals surface area contributed by atoms with Crippen molar-refractivity contribution >= 4 is 21.8 Å². The van der Waals surface area contributed by atoms with Crippen molar-refractivity contribution < 1.29 is 14.3 Å². The second kappa shape index (κ2) is 5.71. The fourth-order valence-corrected chi connectivity index (χ4v) is 1.86. The Bertz CT molecular complexity index is 632. The average molecular weight is 325 g/mol. The molecular formula is C13H10BrFN2O2. The Labute approximate surface area is 117 Å². The zero-order valence-corrected chi connectivity index (χ0v) is 11.3. The number of hydrogen-bond donors (Lipinski definition) is 2. The molecule has 0 unspecified atom stereocenters. The molecule has 98 valence electrons. The number of amidine groups is 1. The zero-order chi connectivity index (χ0) is 13.8. The first-order chi connectivity index (χ1) is 9.11. The number of nitrogens with two attached hydrogens (primary N) is 1. The van der Waals surface area contributed by atoms with Crippen LogP contribution < -0.4 is 10.5 Å². The third-order valence-corrected chi connectivity index (χ3v) is 3.04. The highest BCUT2D eigenvalue weighted by molar-refractivity contribution is 9.10. The van der Waals surface area contributed by atoms with E-state index in [1.807, 2.05) is 12.1 Å². The minimum Gasteiger partial charge on any atom is -0.455 e. The van der Waals surface area contributed by atoms with Crippen molar-refractivity contribution in [2.24, 2.45) is 10.9 Å². The Morgan fingerprint density at radius 2 is 1.95 bits per heavy atom. The molecule has 2 aromatic rings. The molecule has 0 aliphatic heterocycles. The molecule has 0 heterocycles. The minimum absolute atomic E-state index is 0.179. The molecule has 0 radical (unpaired) electrons. The number of benzene rings is 2. The Hall–Kier alpha value is -2.08. The van der Waals surface area contributed by atoms with Crippen LogP contribution >= 0.6 is 15.9 Å². The van der Waals surface area contributed by atoms with Crippen molar-refractivity contribution in [2.45, 2.75) is 0 Å². The lowest BCUT2D eigenvalue weighted by molar-refractivity contribution is 0.318. The Morgan fingerprint density at radius 1 is 1.21 bits per heavy atom. The molecule has 4 nitrogen and oxygen atoms in total. The molecule has 2 aromatic carbocycles. The van der Waals surface area contributed by atoms with E-state index in [-0.39, 0.29) is 11.4 Å². The summed E-state index contributed by atoms with van der Waals surface area (Å²) in [6.45, 7) is 0. The largest absolute Gasteiger partial charge is 0.455 e. The van der Waals surface area contributed by atoms with E-state index < -0.39 is 5.82 Å². The summed E-state index contributed by atoms with van der Waals surface area (Å²) in [5.41, 5.74) is 5.68. The fourth-order valence-electron chi connectivity index (χ4n) is 1.49. The third kappa shape index (κ3) is 3.03. The van der Waals surface area contributed by atoms with Gasteiger partial charge in [-0.2, -0.15) is 0 Å². The van der Waals surface area contributed by atoms with Gasteiger partial charge in [0.25, 0.3) is 0 Å². The van der Waals surface area contributed by atoms with E-state index in [2.05, 4.69) is 21.1 Å². The SMILES string of the molecule is NC(=NO)c1cc(F)ccc1Oc1ccccc1Br. The van der Waals surface area contributed by atoms with Gasteiger partial charge in [0.05, 0.1) is 10.0 Å². The van der Waals surface area contributed by atoms with Gasteiger partial charge in [-0.05, 0) is 46.3 Å². The van der Waals surface area contributed by atoms with Gasteiger partial charge in [0.15, 0.2) is 5.84 Å². The Balaban J connectivity index is 2.43. The molecule has 0 aliphatic carbocycles. The normalized spacial score (nSPS) is 11.4. The van der Waals surface area contributed by atoms with Gasteiger partial charge in [-0.1, -0.05) is 17.3 Å². The molecule has 0 amide bonds. The van der Waals surface area contributed by atoms with Crippen LogP contribution in [-0.2, 0) is 0 Å². The predicted molar refractivity (Wildman–Crippen MR) is 73.1 cm³/mol. The monoisotopic (exact) mass is 324 g/mol. The highest BCUT2D eigenvalue weighted by Gasteiger charge is 2.12. The lowest BCUT2D eigenvalue weighted by Crippen LogP contribution is -2.14. The van der Waals surface area contributed by atoms with Crippen molar-refractivity contribution in [3.05, 3.63) is 58.3 Å². The second-order valence-corrected chi connectivity index (χ2v) is 4.51. The zero-order valence-electron chi connectivity index (χ0n) is 9.68.